The molecular formula is C68H126N5O40P5. The average molecular weight is 1810 g/mol. The zero-order valence-corrected chi connectivity index (χ0v) is 72.0. The van der Waals surface area contributed by atoms with Gasteiger partial charge in [0.05, 0.1) is 128 Å². The van der Waals surface area contributed by atoms with Crippen molar-refractivity contribution in [1.29, 1.82) is 0 Å². The number of aliphatic hydroxyl groups excluding tert-OH is 9. The number of unbranched alkanes of at least 4 members (excludes halogenated alkanes) is 9. The van der Waals surface area contributed by atoms with Crippen molar-refractivity contribution in [3.63, 3.8) is 0 Å². The van der Waals surface area contributed by atoms with E-state index in [-0.39, 0.29) is 98.4 Å². The van der Waals surface area contributed by atoms with Crippen molar-refractivity contribution in [3.8, 4) is 0 Å². The molecule has 4 aliphatic rings. The van der Waals surface area contributed by atoms with Gasteiger partial charge in [0.1, 0.15) is 79.0 Å². The molecule has 0 spiro atoms. The normalized spacial score (nSPS) is 29.6. The van der Waals surface area contributed by atoms with Gasteiger partial charge in [0.15, 0.2) is 24.5 Å². The number of amides is 1. The second kappa shape index (κ2) is 52.8. The van der Waals surface area contributed by atoms with Crippen molar-refractivity contribution in [2.24, 2.45) is 17.3 Å². The molecule has 50 heteroatoms. The first-order valence-electron chi connectivity index (χ1n) is 39.6. The molecule has 4 aliphatic heterocycles. The Kier molecular flexibility index (Phi) is 46.8. The first-order chi connectivity index (χ1) is 55.9. The van der Waals surface area contributed by atoms with E-state index in [2.05, 4.69) is 20.3 Å². The molecule has 6 rings (SSSR count). The number of hydrogen-bond acceptors (Lipinski definition) is 38. The molecule has 0 bridgehead atoms. The lowest BCUT2D eigenvalue weighted by molar-refractivity contribution is -0.282. The number of ether oxygens (including phenoxy) is 10. The van der Waals surface area contributed by atoms with Gasteiger partial charge in [-0.05, 0) is 78.6 Å². The molecule has 12 unspecified atom stereocenters. The van der Waals surface area contributed by atoms with Crippen molar-refractivity contribution in [3.05, 3.63) is 18.3 Å². The maximum atomic E-state index is 14.2. The van der Waals surface area contributed by atoms with E-state index in [0.717, 1.165) is 0 Å². The summed E-state index contributed by atoms with van der Waals surface area (Å²) in [6.45, 7) is 2.96. The fourth-order valence-corrected chi connectivity index (χ4v) is 17.1. The van der Waals surface area contributed by atoms with Crippen molar-refractivity contribution in [1.82, 2.24) is 24.8 Å². The Morgan fingerprint density at radius 2 is 0.873 bits per heavy atom. The molecule has 45 nitrogen and oxygen atoms in total. The van der Waals surface area contributed by atoms with Crippen LogP contribution in [0.3, 0.4) is 0 Å². The average Bonchev–Trinajstić information content (AvgIpc) is 1.61. The van der Waals surface area contributed by atoms with Crippen molar-refractivity contribution in [2.75, 3.05) is 132 Å². The molecule has 4 saturated heterocycles. The first kappa shape index (κ1) is 105. The van der Waals surface area contributed by atoms with Crippen molar-refractivity contribution in [2.45, 2.75) is 249 Å². The molecule has 0 saturated carbocycles. The Labute approximate surface area is 685 Å². The molecule has 0 aromatic carbocycles. The summed E-state index contributed by atoms with van der Waals surface area (Å²) in [5, 5.41) is 92.8. The van der Waals surface area contributed by atoms with Crippen LogP contribution in [0.5, 0.6) is 0 Å². The SMILES string of the molecule is CC(=O)NC1[C@H](OCCCCCCOP(=O)(O)OCCCOCC(COCCCOP(=O)(O)OCCCCCCO[C@@H]2OC(CO)[C@H](O)[C@H](O)C2C)(COCCCOP(=O)(O)OCCCCCCO[C@@H]2OC(CO)[C@H](O)[C@H](O)C2C)COP(=O)(O)OC[C@H]2O[C@@H](n3cnc4c(C)ncnc43)CC2OP(=O)(O)OC(C)C)OC(CO)[C@H](O)[C@@H]1O. The van der Waals surface area contributed by atoms with Crippen molar-refractivity contribution >= 4 is 56.2 Å². The van der Waals surface area contributed by atoms with Gasteiger partial charge in [0, 0.05) is 64.8 Å². The van der Waals surface area contributed by atoms with E-state index in [9.17, 15) is 98.0 Å². The predicted octanol–water partition coefficient (Wildman–Crippen LogP) is 2.90. The summed E-state index contributed by atoms with van der Waals surface area (Å²) >= 11 is 0. The van der Waals surface area contributed by atoms with Gasteiger partial charge in [0.25, 0.3) is 0 Å². The molecule has 23 atom stereocenters. The molecule has 1 amide bonds. The standard InChI is InChI=1S/C68H126N5O40P5/c1-45(2)112-118(92,93)113-50-34-55(73-44-71-56-48(5)69-43-70-64(56)73)108-54(50)38-106-117(90,91)107-42-68(39-94-22-19-31-103-114(84,85)100-28-16-10-7-13-25-97-65-46(3)58(78)60(80)51(35-74)109-65,40-95-23-20-32-104-115(86,87)101-29-17-11-8-14-26-98-66-47(4)59(79)61(81)52(36-75)110-66)41-96-24-21-33-105-116(88,89)102-30-18-12-9-15-27-99-67-57(72-49(6)77)63(83)62(82)53(37-76)111-67/h43-47,50-55,57-63,65-67,74-76,78-83H,7-42H2,1-6H3,(H,72,77)(H,84,85)(H,86,87)(H,88,89)(H,90,91)(H,92,93)/t46?,47?,50?,51?,52?,53?,54-,55-,57?,58-,59-,60+,61+,62+,63-,65-,66-,67-,68?/m1/s1. The number of fused-ring (bicyclic) bond motifs is 1. The number of phosphoric ester groups is 5. The van der Waals surface area contributed by atoms with Gasteiger partial charge in [-0.25, -0.2) is 37.8 Å². The Balaban J connectivity index is 1.06. The van der Waals surface area contributed by atoms with Crippen LogP contribution in [-0.2, 0) is 120 Å². The van der Waals surface area contributed by atoms with Gasteiger partial charge >= 0.3 is 39.1 Å². The quantitative estimate of drug-likeness (QED) is 0.0334. The van der Waals surface area contributed by atoms with Crippen LogP contribution in [0.4, 0.5) is 0 Å². The zero-order chi connectivity index (χ0) is 86.7. The van der Waals surface area contributed by atoms with Crippen LogP contribution in [0.15, 0.2) is 12.7 Å². The van der Waals surface area contributed by atoms with E-state index in [1.807, 2.05) is 0 Å². The molecule has 688 valence electrons. The van der Waals surface area contributed by atoms with Crippen LogP contribution in [-0.4, -0.2) is 326 Å². The molecule has 15 N–H and O–H groups in total. The Morgan fingerprint density at radius 1 is 0.483 bits per heavy atom. The number of imidazole rings is 1. The highest BCUT2D eigenvalue weighted by atomic mass is 31.2. The summed E-state index contributed by atoms with van der Waals surface area (Å²) < 4.78 is 179. The smallest absolute Gasteiger partial charge is 0.394 e. The Morgan fingerprint density at radius 3 is 1.29 bits per heavy atom. The summed E-state index contributed by atoms with van der Waals surface area (Å²) in [5.41, 5.74) is -0.342. The number of phosphoric acid groups is 5. The zero-order valence-electron chi connectivity index (χ0n) is 67.5. The summed E-state index contributed by atoms with van der Waals surface area (Å²) in [6.07, 6.45) is -9.95. The molecule has 0 aliphatic carbocycles. The number of hydrogen-bond donors (Lipinski definition) is 15. The fourth-order valence-electron chi connectivity index (χ4n) is 12.7. The topological polar surface area (TPSA) is 626 Å². The number of carbonyl (C=O) groups is 1. The summed E-state index contributed by atoms with van der Waals surface area (Å²) in [7, 11) is -23.9. The third-order valence-corrected chi connectivity index (χ3v) is 24.4. The molecule has 2 aromatic rings. The summed E-state index contributed by atoms with van der Waals surface area (Å²) in [5.74, 6) is -1.64. The minimum Gasteiger partial charge on any atom is -0.394 e. The Bertz CT molecular complexity index is 3340. The van der Waals surface area contributed by atoms with Crippen LogP contribution in [0, 0.1) is 24.2 Å². The largest absolute Gasteiger partial charge is 0.472 e. The molecule has 0 radical (unpaired) electrons. The highest BCUT2D eigenvalue weighted by molar-refractivity contribution is 7.48. The third kappa shape index (κ3) is 36.6. The van der Waals surface area contributed by atoms with Gasteiger partial charge in [-0.3, -0.25) is 54.6 Å². The van der Waals surface area contributed by atoms with Crippen LogP contribution in [0.25, 0.3) is 11.2 Å². The van der Waals surface area contributed by atoms with E-state index in [4.69, 9.17) is 92.6 Å². The molecular weight excluding hydrogens is 1680 g/mol. The lowest BCUT2D eigenvalue weighted by Crippen LogP contribution is -2.64. The molecule has 118 heavy (non-hydrogen) atoms. The van der Waals surface area contributed by atoms with Crippen LogP contribution < -0.4 is 5.32 Å². The second-order valence-electron chi connectivity index (χ2n) is 29.5. The highest BCUT2D eigenvalue weighted by Crippen LogP contribution is 2.52. The number of aryl methyl sites for hydroxylation is 1. The van der Waals surface area contributed by atoms with Gasteiger partial charge in [0.2, 0.25) is 5.91 Å². The fraction of sp³-hybridized carbons (Fsp3) is 0.912. The number of aliphatic hydroxyl groups is 9. The van der Waals surface area contributed by atoms with E-state index in [0.29, 0.717) is 93.9 Å². The second-order valence-corrected chi connectivity index (χ2v) is 36.7. The van der Waals surface area contributed by atoms with E-state index >= 15 is 0 Å². The summed E-state index contributed by atoms with van der Waals surface area (Å²) in [4.78, 5) is 78.5. The lowest BCUT2D eigenvalue weighted by atomic mass is 9.92. The van der Waals surface area contributed by atoms with Gasteiger partial charge in [-0.15, -0.1) is 0 Å². The molecule has 2 aromatic heterocycles. The number of rotatable bonds is 63. The predicted molar refractivity (Wildman–Crippen MR) is 408 cm³/mol. The van der Waals surface area contributed by atoms with Crippen LogP contribution >= 0.6 is 39.1 Å². The van der Waals surface area contributed by atoms with E-state index < -0.39 is 226 Å². The van der Waals surface area contributed by atoms with Gasteiger partial charge < -0.3 is 123 Å². The minimum atomic E-state index is -5.27. The minimum absolute atomic E-state index is 0.0406. The highest BCUT2D eigenvalue weighted by Gasteiger charge is 2.48. The number of nitrogens with zero attached hydrogens (tertiary/aromatic N) is 4. The van der Waals surface area contributed by atoms with E-state index in [1.165, 1.54) is 38.0 Å². The maximum absolute atomic E-state index is 14.2. The number of aromatic nitrogens is 4. The lowest BCUT2D eigenvalue weighted by Gasteiger charge is -2.42. The maximum Gasteiger partial charge on any atom is 0.472 e. The summed E-state index contributed by atoms with van der Waals surface area (Å²) in [6, 6.07) is -1.12. The molecule has 6 heterocycles. The van der Waals surface area contributed by atoms with Crippen LogP contribution in [0.1, 0.15) is 149 Å². The van der Waals surface area contributed by atoms with Gasteiger partial charge in [-0.1, -0.05) is 52.4 Å². The van der Waals surface area contributed by atoms with Crippen molar-refractivity contribution < 1.29 is 191 Å². The third-order valence-electron chi connectivity index (χ3n) is 19.2. The monoisotopic (exact) mass is 1810 g/mol. The number of carbonyl (C=O) groups excluding carboxylic acids is 1. The van der Waals surface area contributed by atoms with Gasteiger partial charge in [-0.2, -0.15) is 0 Å². The Hall–Kier alpha value is -2.19. The number of nitrogens with one attached hydrogen (secondary N) is 1. The first-order valence-corrected chi connectivity index (χ1v) is 47.1. The molecule has 4 fully saturated rings. The van der Waals surface area contributed by atoms with Crippen LogP contribution in [0.2, 0.25) is 0 Å². The van der Waals surface area contributed by atoms with E-state index in [1.54, 1.807) is 20.8 Å².